The molecule has 0 amide bonds. The lowest BCUT2D eigenvalue weighted by Crippen LogP contribution is -2.30. The van der Waals surface area contributed by atoms with Crippen LogP contribution in [0, 0.1) is 23.7 Å². The predicted molar refractivity (Wildman–Crippen MR) is 81.1 cm³/mol. The molecule has 4 rings (SSSR count). The highest BCUT2D eigenvalue weighted by atomic mass is 79.9. The highest BCUT2D eigenvalue weighted by Gasteiger charge is 2.65. The Morgan fingerprint density at radius 3 is 2.45 bits per heavy atom. The van der Waals surface area contributed by atoms with Crippen molar-refractivity contribution < 1.29 is 8.42 Å². The van der Waals surface area contributed by atoms with Gasteiger partial charge in [0.15, 0.2) is 0 Å². The van der Waals surface area contributed by atoms with Crippen molar-refractivity contribution in [3.63, 3.8) is 0 Å². The van der Waals surface area contributed by atoms with E-state index in [2.05, 4.69) is 20.7 Å². The average Bonchev–Trinajstić information content (AvgIpc) is 2.78. The van der Waals surface area contributed by atoms with Crippen LogP contribution in [0.3, 0.4) is 0 Å². The first kappa shape index (κ1) is 13.6. The van der Waals surface area contributed by atoms with Gasteiger partial charge in [0.05, 0.1) is 5.02 Å². The number of benzene rings is 1. The maximum Gasteiger partial charge on any atom is 0.242 e. The van der Waals surface area contributed by atoms with E-state index in [1.807, 2.05) is 0 Å². The average molecular weight is 377 g/mol. The Morgan fingerprint density at radius 2 is 1.85 bits per heavy atom. The molecular formula is C14H15BrClNO2S. The summed E-state index contributed by atoms with van der Waals surface area (Å²) >= 11 is 9.35. The summed E-state index contributed by atoms with van der Waals surface area (Å²) in [6.45, 7) is 0. The number of sulfonamides is 1. The van der Waals surface area contributed by atoms with Crippen molar-refractivity contribution in [2.24, 2.45) is 23.7 Å². The van der Waals surface area contributed by atoms with E-state index in [0.29, 0.717) is 11.8 Å². The fourth-order valence-electron chi connectivity index (χ4n) is 4.42. The zero-order valence-electron chi connectivity index (χ0n) is 10.7. The SMILES string of the molecule is O=S(=O)(NC1C2C3CCC(C3)C12)c1ccc(Br)cc1Cl. The highest BCUT2D eigenvalue weighted by Crippen LogP contribution is 2.65. The second-order valence-electron chi connectivity index (χ2n) is 6.21. The second kappa shape index (κ2) is 4.45. The summed E-state index contributed by atoms with van der Waals surface area (Å²) in [5, 5.41) is 0.264. The highest BCUT2D eigenvalue weighted by molar-refractivity contribution is 9.10. The van der Waals surface area contributed by atoms with Crippen molar-refractivity contribution in [2.75, 3.05) is 0 Å². The third kappa shape index (κ3) is 1.97. The second-order valence-corrected chi connectivity index (χ2v) is 9.22. The predicted octanol–water partition coefficient (Wildman–Crippen LogP) is 3.43. The van der Waals surface area contributed by atoms with E-state index in [1.165, 1.54) is 19.3 Å². The molecule has 3 saturated carbocycles. The maximum atomic E-state index is 12.5. The Hall–Kier alpha value is -0.100. The molecule has 3 aliphatic rings. The van der Waals surface area contributed by atoms with Crippen LogP contribution >= 0.6 is 27.5 Å². The van der Waals surface area contributed by atoms with Crippen LogP contribution in [-0.4, -0.2) is 14.5 Å². The first-order valence-electron chi connectivity index (χ1n) is 6.95. The van der Waals surface area contributed by atoms with Crippen molar-refractivity contribution in [3.05, 3.63) is 27.7 Å². The minimum absolute atomic E-state index is 0.144. The number of hydrogen-bond donors (Lipinski definition) is 1. The Balaban J connectivity index is 1.57. The third-order valence-corrected chi connectivity index (χ3v) is 7.65. The lowest BCUT2D eigenvalue weighted by molar-refractivity contribution is 0.456. The first-order valence-corrected chi connectivity index (χ1v) is 9.60. The number of hydrogen-bond acceptors (Lipinski definition) is 2. The van der Waals surface area contributed by atoms with Crippen molar-refractivity contribution in [3.8, 4) is 0 Å². The molecule has 0 radical (unpaired) electrons. The van der Waals surface area contributed by atoms with Gasteiger partial charge in [-0.2, -0.15) is 0 Å². The van der Waals surface area contributed by atoms with Crippen LogP contribution in [0.5, 0.6) is 0 Å². The molecule has 1 aromatic rings. The van der Waals surface area contributed by atoms with Gasteiger partial charge in [-0.25, -0.2) is 13.1 Å². The molecule has 0 aromatic heterocycles. The minimum atomic E-state index is -3.51. The van der Waals surface area contributed by atoms with E-state index in [0.717, 1.165) is 16.3 Å². The lowest BCUT2D eigenvalue weighted by atomic mass is 10.0. The fraction of sp³-hybridized carbons (Fsp3) is 0.571. The minimum Gasteiger partial charge on any atom is -0.207 e. The van der Waals surface area contributed by atoms with Gasteiger partial charge in [-0.15, -0.1) is 0 Å². The van der Waals surface area contributed by atoms with Crippen molar-refractivity contribution in [1.29, 1.82) is 0 Å². The molecule has 4 atom stereocenters. The van der Waals surface area contributed by atoms with Gasteiger partial charge < -0.3 is 0 Å². The van der Waals surface area contributed by atoms with Gasteiger partial charge in [0.2, 0.25) is 10.0 Å². The first-order chi connectivity index (χ1) is 9.47. The van der Waals surface area contributed by atoms with Gasteiger partial charge in [-0.1, -0.05) is 27.5 Å². The molecule has 3 nitrogen and oxygen atoms in total. The lowest BCUT2D eigenvalue weighted by Gasteiger charge is -2.12. The summed E-state index contributed by atoms with van der Waals surface area (Å²) in [5.74, 6) is 2.66. The van der Waals surface area contributed by atoms with Crippen molar-refractivity contribution >= 4 is 37.6 Å². The molecule has 1 N–H and O–H groups in total. The summed E-state index contributed by atoms with van der Waals surface area (Å²) in [6, 6.07) is 5.03. The molecule has 0 spiro atoms. The number of fused-ring (bicyclic) bond motifs is 5. The van der Waals surface area contributed by atoms with Crippen LogP contribution in [0.4, 0.5) is 0 Å². The summed E-state index contributed by atoms with van der Waals surface area (Å²) in [6.07, 6.45) is 3.87. The Morgan fingerprint density at radius 1 is 1.20 bits per heavy atom. The molecule has 0 heterocycles. The van der Waals surface area contributed by atoms with Gasteiger partial charge in [0.25, 0.3) is 0 Å². The summed E-state index contributed by atoms with van der Waals surface area (Å²) in [7, 11) is -3.51. The summed E-state index contributed by atoms with van der Waals surface area (Å²) in [4.78, 5) is 0.180. The molecule has 4 unspecified atom stereocenters. The van der Waals surface area contributed by atoms with E-state index in [-0.39, 0.29) is 16.0 Å². The standard InChI is InChI=1S/C14H15BrClNO2S/c15-9-3-4-11(10(16)6-9)20(18,19)17-14-12-7-1-2-8(5-7)13(12)14/h3-4,6-8,12-14,17H,1-2,5H2. The summed E-state index contributed by atoms with van der Waals surface area (Å²) < 4.78 is 28.6. The van der Waals surface area contributed by atoms with Gasteiger partial charge in [-0.3, -0.25) is 0 Å². The molecule has 2 bridgehead atoms. The Labute approximate surface area is 132 Å². The molecule has 108 valence electrons. The topological polar surface area (TPSA) is 46.2 Å². The van der Waals surface area contributed by atoms with Crippen molar-refractivity contribution in [2.45, 2.75) is 30.2 Å². The molecule has 1 aromatic carbocycles. The van der Waals surface area contributed by atoms with E-state index in [4.69, 9.17) is 11.6 Å². The number of halogens is 2. The Bertz CT molecular complexity index is 662. The van der Waals surface area contributed by atoms with Crippen LogP contribution in [0.2, 0.25) is 5.02 Å². The zero-order valence-corrected chi connectivity index (χ0v) is 13.9. The smallest absolute Gasteiger partial charge is 0.207 e. The van der Waals surface area contributed by atoms with E-state index in [1.54, 1.807) is 18.2 Å². The van der Waals surface area contributed by atoms with Crippen LogP contribution in [0.1, 0.15) is 19.3 Å². The van der Waals surface area contributed by atoms with Gasteiger partial charge in [0, 0.05) is 10.5 Å². The van der Waals surface area contributed by atoms with Crippen LogP contribution < -0.4 is 4.72 Å². The van der Waals surface area contributed by atoms with E-state index < -0.39 is 10.0 Å². The molecule has 6 heteroatoms. The maximum absolute atomic E-state index is 12.5. The van der Waals surface area contributed by atoms with Gasteiger partial charge >= 0.3 is 0 Å². The van der Waals surface area contributed by atoms with Gasteiger partial charge in [0.1, 0.15) is 4.90 Å². The molecule has 0 aliphatic heterocycles. The molecule has 3 aliphatic carbocycles. The largest absolute Gasteiger partial charge is 0.242 e. The molecule has 20 heavy (non-hydrogen) atoms. The monoisotopic (exact) mass is 375 g/mol. The Kier molecular flexibility index (Phi) is 3.01. The fourth-order valence-corrected chi connectivity index (χ4v) is 6.76. The van der Waals surface area contributed by atoms with E-state index >= 15 is 0 Å². The normalized spacial score (nSPS) is 38.0. The van der Waals surface area contributed by atoms with Crippen LogP contribution in [0.15, 0.2) is 27.6 Å². The molecule has 0 saturated heterocycles. The quantitative estimate of drug-likeness (QED) is 0.878. The third-order valence-electron chi connectivity index (χ3n) is 5.21. The molecular weight excluding hydrogens is 362 g/mol. The number of nitrogens with one attached hydrogen (secondary N) is 1. The van der Waals surface area contributed by atoms with Crippen LogP contribution in [-0.2, 0) is 10.0 Å². The van der Waals surface area contributed by atoms with Crippen molar-refractivity contribution in [1.82, 2.24) is 4.72 Å². The number of rotatable bonds is 3. The zero-order chi connectivity index (χ0) is 14.1. The van der Waals surface area contributed by atoms with Crippen LogP contribution in [0.25, 0.3) is 0 Å². The molecule has 3 fully saturated rings. The van der Waals surface area contributed by atoms with E-state index in [9.17, 15) is 8.42 Å². The summed E-state index contributed by atoms with van der Waals surface area (Å²) in [5.41, 5.74) is 0. The van der Waals surface area contributed by atoms with Gasteiger partial charge in [-0.05, 0) is 61.1 Å².